The summed E-state index contributed by atoms with van der Waals surface area (Å²) >= 11 is 3.32. The Bertz CT molecular complexity index is 345. The van der Waals surface area contributed by atoms with Crippen LogP contribution in [0.15, 0.2) is 0 Å². The third-order valence-electron chi connectivity index (χ3n) is 2.90. The summed E-state index contributed by atoms with van der Waals surface area (Å²) in [6.07, 6.45) is -0.0560. The monoisotopic (exact) mass is 328 g/mol. The average Bonchev–Trinajstić information content (AvgIpc) is 2.40. The Morgan fingerprint density at radius 1 is 1.12 bits per heavy atom. The third-order valence-corrected chi connectivity index (χ3v) is 5.62. The Morgan fingerprint density at radius 3 is 2.41 bits per heavy atom. The molecule has 0 aromatic carbocycles. The molecule has 2 aliphatic rings. The van der Waals surface area contributed by atoms with Gasteiger partial charge in [0.05, 0.1) is 25.9 Å². The third kappa shape index (κ3) is 3.18. The van der Waals surface area contributed by atoms with Crippen molar-refractivity contribution in [3.8, 4) is 0 Å². The Labute approximate surface area is 110 Å². The van der Waals surface area contributed by atoms with E-state index in [0.717, 1.165) is 0 Å². The maximum atomic E-state index is 12.3. The second kappa shape index (κ2) is 5.94. The molecule has 8 heteroatoms. The molecule has 0 aromatic rings. The highest BCUT2D eigenvalue weighted by Gasteiger charge is 2.34. The van der Waals surface area contributed by atoms with E-state index in [4.69, 9.17) is 9.47 Å². The Kier molecular flexibility index (Phi) is 4.79. The topological polar surface area (TPSA) is 59.1 Å². The number of ether oxygens (including phenoxy) is 2. The van der Waals surface area contributed by atoms with Gasteiger partial charge in [-0.25, -0.2) is 0 Å². The molecule has 1 unspecified atom stereocenters. The molecular weight excluding hydrogens is 312 g/mol. The van der Waals surface area contributed by atoms with Crippen molar-refractivity contribution in [2.45, 2.75) is 6.10 Å². The summed E-state index contributed by atoms with van der Waals surface area (Å²) in [5.74, 6) is 0. The molecule has 2 saturated heterocycles. The van der Waals surface area contributed by atoms with E-state index in [2.05, 4.69) is 15.9 Å². The van der Waals surface area contributed by atoms with Crippen LogP contribution in [0.25, 0.3) is 0 Å². The van der Waals surface area contributed by atoms with Crippen LogP contribution in [0.1, 0.15) is 0 Å². The summed E-state index contributed by atoms with van der Waals surface area (Å²) in [6, 6.07) is 0. The second-order valence-electron chi connectivity index (χ2n) is 4.02. The maximum Gasteiger partial charge on any atom is 0.282 e. The fourth-order valence-corrected chi connectivity index (χ4v) is 3.92. The van der Waals surface area contributed by atoms with Crippen molar-refractivity contribution in [3.05, 3.63) is 0 Å². The number of rotatable bonds is 3. The van der Waals surface area contributed by atoms with Crippen molar-refractivity contribution in [1.82, 2.24) is 8.61 Å². The second-order valence-corrected chi connectivity index (χ2v) is 6.60. The number of morpholine rings is 2. The highest BCUT2D eigenvalue weighted by Crippen LogP contribution is 2.16. The van der Waals surface area contributed by atoms with Crippen LogP contribution in [0.4, 0.5) is 0 Å². The highest BCUT2D eigenvalue weighted by atomic mass is 79.9. The van der Waals surface area contributed by atoms with E-state index in [1.807, 2.05) is 0 Å². The zero-order valence-corrected chi connectivity index (χ0v) is 12.0. The molecule has 17 heavy (non-hydrogen) atoms. The lowest BCUT2D eigenvalue weighted by molar-refractivity contribution is 0.00908. The van der Waals surface area contributed by atoms with Crippen LogP contribution < -0.4 is 0 Å². The molecule has 2 aliphatic heterocycles. The highest BCUT2D eigenvalue weighted by molar-refractivity contribution is 9.09. The van der Waals surface area contributed by atoms with Gasteiger partial charge in [0.1, 0.15) is 0 Å². The van der Waals surface area contributed by atoms with Gasteiger partial charge in [-0.2, -0.15) is 17.0 Å². The van der Waals surface area contributed by atoms with Crippen molar-refractivity contribution in [3.63, 3.8) is 0 Å². The zero-order chi connectivity index (χ0) is 12.3. The number of hydrogen-bond acceptors (Lipinski definition) is 4. The van der Waals surface area contributed by atoms with Gasteiger partial charge in [0.15, 0.2) is 0 Å². The molecular formula is C9H17BrN2O4S. The van der Waals surface area contributed by atoms with E-state index in [0.29, 0.717) is 51.3 Å². The minimum atomic E-state index is -3.34. The van der Waals surface area contributed by atoms with Gasteiger partial charge in [0, 0.05) is 31.5 Å². The molecule has 0 amide bonds. The molecule has 0 radical (unpaired) electrons. The molecule has 0 aromatic heterocycles. The van der Waals surface area contributed by atoms with Gasteiger partial charge in [-0.1, -0.05) is 15.9 Å². The standard InChI is InChI=1S/C9H17BrN2O4S/c10-7-9-8-12(3-6-16-9)17(13,14)11-1-4-15-5-2-11/h9H,1-8H2. The van der Waals surface area contributed by atoms with Crippen LogP contribution in [0, 0.1) is 0 Å². The smallest absolute Gasteiger partial charge is 0.282 e. The number of nitrogens with zero attached hydrogens (tertiary/aromatic N) is 2. The van der Waals surface area contributed by atoms with Crippen molar-refractivity contribution in [1.29, 1.82) is 0 Å². The molecule has 0 spiro atoms. The van der Waals surface area contributed by atoms with Gasteiger partial charge in [-0.3, -0.25) is 0 Å². The largest absolute Gasteiger partial charge is 0.379 e. The SMILES string of the molecule is O=S(=O)(N1CCOCC1)N1CCOC(CBr)C1. The van der Waals surface area contributed by atoms with Crippen LogP contribution >= 0.6 is 15.9 Å². The van der Waals surface area contributed by atoms with E-state index in [1.165, 1.54) is 8.61 Å². The lowest BCUT2D eigenvalue weighted by Gasteiger charge is -2.36. The molecule has 2 fully saturated rings. The summed E-state index contributed by atoms with van der Waals surface area (Å²) in [7, 11) is -3.34. The van der Waals surface area contributed by atoms with Crippen LogP contribution in [-0.2, 0) is 19.7 Å². The average molecular weight is 329 g/mol. The lowest BCUT2D eigenvalue weighted by atomic mass is 10.3. The predicted molar refractivity (Wildman–Crippen MR) is 66.4 cm³/mol. The van der Waals surface area contributed by atoms with Crippen LogP contribution in [-0.4, -0.2) is 74.5 Å². The van der Waals surface area contributed by atoms with Crippen LogP contribution in [0.5, 0.6) is 0 Å². The van der Waals surface area contributed by atoms with Crippen molar-refractivity contribution in [2.75, 3.05) is 51.3 Å². The van der Waals surface area contributed by atoms with Crippen molar-refractivity contribution in [2.24, 2.45) is 0 Å². The first-order valence-corrected chi connectivity index (χ1v) is 8.17. The predicted octanol–water partition coefficient (Wildman–Crippen LogP) is -0.341. The molecule has 0 N–H and O–H groups in total. The first-order chi connectivity index (χ1) is 8.14. The Morgan fingerprint density at radius 2 is 1.76 bits per heavy atom. The van der Waals surface area contributed by atoms with Crippen LogP contribution in [0.3, 0.4) is 0 Å². The van der Waals surface area contributed by atoms with Gasteiger partial charge in [0.2, 0.25) is 0 Å². The molecule has 0 bridgehead atoms. The minimum absolute atomic E-state index is 0.0560. The van der Waals surface area contributed by atoms with Gasteiger partial charge >= 0.3 is 0 Å². The summed E-state index contributed by atoms with van der Waals surface area (Å²) in [5.41, 5.74) is 0. The number of hydrogen-bond donors (Lipinski definition) is 0. The van der Waals surface area contributed by atoms with Crippen molar-refractivity contribution >= 4 is 26.1 Å². The Hall–Kier alpha value is 0.270. The zero-order valence-electron chi connectivity index (χ0n) is 9.55. The fourth-order valence-electron chi connectivity index (χ4n) is 1.94. The summed E-state index contributed by atoms with van der Waals surface area (Å²) in [5, 5.41) is 0.655. The summed E-state index contributed by atoms with van der Waals surface area (Å²) < 4.78 is 38.3. The Balaban J connectivity index is 2.03. The molecule has 0 saturated carbocycles. The fraction of sp³-hybridized carbons (Fsp3) is 1.00. The molecule has 2 heterocycles. The van der Waals surface area contributed by atoms with E-state index >= 15 is 0 Å². The van der Waals surface area contributed by atoms with E-state index in [1.54, 1.807) is 0 Å². The normalized spacial score (nSPS) is 29.4. The first kappa shape index (κ1) is 13.7. The van der Waals surface area contributed by atoms with Gasteiger partial charge in [-0.15, -0.1) is 0 Å². The minimum Gasteiger partial charge on any atom is -0.379 e. The number of alkyl halides is 1. The van der Waals surface area contributed by atoms with Gasteiger partial charge in [-0.05, 0) is 0 Å². The van der Waals surface area contributed by atoms with Gasteiger partial charge in [0.25, 0.3) is 10.2 Å². The van der Waals surface area contributed by atoms with E-state index in [9.17, 15) is 8.42 Å². The molecule has 1 atom stereocenters. The van der Waals surface area contributed by atoms with Gasteiger partial charge < -0.3 is 9.47 Å². The van der Waals surface area contributed by atoms with E-state index < -0.39 is 10.2 Å². The molecule has 6 nitrogen and oxygen atoms in total. The maximum absolute atomic E-state index is 12.3. The number of halogens is 1. The summed E-state index contributed by atoms with van der Waals surface area (Å²) in [6.45, 7) is 3.15. The first-order valence-electron chi connectivity index (χ1n) is 5.65. The van der Waals surface area contributed by atoms with Crippen molar-refractivity contribution < 1.29 is 17.9 Å². The molecule has 0 aliphatic carbocycles. The van der Waals surface area contributed by atoms with Crippen LogP contribution in [0.2, 0.25) is 0 Å². The molecule has 2 rings (SSSR count). The molecule has 100 valence electrons. The summed E-state index contributed by atoms with van der Waals surface area (Å²) in [4.78, 5) is 0. The van der Waals surface area contributed by atoms with E-state index in [-0.39, 0.29) is 6.10 Å². The lowest BCUT2D eigenvalue weighted by Crippen LogP contribution is -2.53. The quantitative estimate of drug-likeness (QED) is 0.665.